The molecule has 0 saturated heterocycles. The zero-order valence-corrected chi connectivity index (χ0v) is 15.8. The van der Waals surface area contributed by atoms with Crippen LogP contribution in [0.2, 0.25) is 0 Å². The van der Waals surface area contributed by atoms with Crippen molar-refractivity contribution < 1.29 is 17.9 Å². The summed E-state index contributed by atoms with van der Waals surface area (Å²) < 4.78 is 33.9. The van der Waals surface area contributed by atoms with Gasteiger partial charge in [0.15, 0.2) is 0 Å². The highest BCUT2D eigenvalue weighted by Crippen LogP contribution is 2.38. The van der Waals surface area contributed by atoms with Crippen molar-refractivity contribution in [3.8, 4) is 0 Å². The number of hydrogen-bond donors (Lipinski definition) is 0. The van der Waals surface area contributed by atoms with Gasteiger partial charge in [-0.15, -0.1) is 11.3 Å². The normalized spacial score (nSPS) is 15.0. The number of thiophene rings is 1. The largest absolute Gasteiger partial charge is 0.465 e. The molecule has 1 aromatic heterocycles. The van der Waals surface area contributed by atoms with Gasteiger partial charge in [0.1, 0.15) is 9.77 Å². The van der Waals surface area contributed by atoms with E-state index in [-0.39, 0.29) is 9.77 Å². The Morgan fingerprint density at radius 3 is 2.54 bits per heavy atom. The molecule has 0 amide bonds. The number of rotatable bonds is 3. The van der Waals surface area contributed by atoms with Crippen LogP contribution in [0.25, 0.3) is 10.1 Å². The molecule has 1 aliphatic rings. The molecule has 0 radical (unpaired) electrons. The topological polar surface area (TPSA) is 63.7 Å². The molecule has 0 unspecified atom stereocenters. The SMILES string of the molecule is COC(=O)c1sc2ccccc2c1S(=O)(=O)N1CCc2ccccc2C1. The molecular weight excluding hydrogens is 370 g/mol. The molecule has 7 heteroatoms. The number of carbonyl (C=O) groups excluding carboxylic acids is 1. The van der Waals surface area contributed by atoms with Gasteiger partial charge in [0.05, 0.1) is 7.11 Å². The van der Waals surface area contributed by atoms with Gasteiger partial charge in [0.25, 0.3) is 0 Å². The van der Waals surface area contributed by atoms with Crippen LogP contribution in [0, 0.1) is 0 Å². The van der Waals surface area contributed by atoms with Gasteiger partial charge in [-0.1, -0.05) is 42.5 Å². The first-order valence-corrected chi connectivity index (χ1v) is 10.4. The summed E-state index contributed by atoms with van der Waals surface area (Å²) in [5, 5.41) is 0.566. The van der Waals surface area contributed by atoms with E-state index in [1.807, 2.05) is 36.4 Å². The molecule has 4 rings (SSSR count). The lowest BCUT2D eigenvalue weighted by molar-refractivity contribution is 0.0602. The highest BCUT2D eigenvalue weighted by molar-refractivity contribution is 7.89. The summed E-state index contributed by atoms with van der Waals surface area (Å²) in [6.07, 6.45) is 0.658. The monoisotopic (exact) mass is 387 g/mol. The average molecular weight is 387 g/mol. The zero-order valence-electron chi connectivity index (χ0n) is 14.1. The Kier molecular flexibility index (Phi) is 4.30. The van der Waals surface area contributed by atoms with Crippen molar-refractivity contribution >= 4 is 37.4 Å². The van der Waals surface area contributed by atoms with E-state index in [1.165, 1.54) is 17.0 Å². The summed E-state index contributed by atoms with van der Waals surface area (Å²) in [4.78, 5) is 12.4. The lowest BCUT2D eigenvalue weighted by Crippen LogP contribution is -2.36. The second-order valence-electron chi connectivity index (χ2n) is 6.11. The molecule has 1 aliphatic heterocycles. The van der Waals surface area contributed by atoms with E-state index in [0.29, 0.717) is 24.9 Å². The molecule has 134 valence electrons. The highest BCUT2D eigenvalue weighted by Gasteiger charge is 2.35. The quantitative estimate of drug-likeness (QED) is 0.646. The lowest BCUT2D eigenvalue weighted by atomic mass is 10.0. The fraction of sp³-hybridized carbons (Fsp3) is 0.211. The fourth-order valence-corrected chi connectivity index (χ4v) is 6.50. The maximum Gasteiger partial charge on any atom is 0.349 e. The lowest BCUT2D eigenvalue weighted by Gasteiger charge is -2.28. The number of ether oxygens (including phenoxy) is 1. The van der Waals surface area contributed by atoms with Crippen LogP contribution < -0.4 is 0 Å². The minimum Gasteiger partial charge on any atom is -0.465 e. The van der Waals surface area contributed by atoms with E-state index in [9.17, 15) is 13.2 Å². The minimum absolute atomic E-state index is 0.0596. The van der Waals surface area contributed by atoms with E-state index >= 15 is 0 Å². The van der Waals surface area contributed by atoms with Crippen molar-refractivity contribution in [1.29, 1.82) is 0 Å². The number of fused-ring (bicyclic) bond motifs is 2. The summed E-state index contributed by atoms with van der Waals surface area (Å²) in [6.45, 7) is 0.702. The number of methoxy groups -OCH3 is 1. The van der Waals surface area contributed by atoms with E-state index in [4.69, 9.17) is 4.74 Å². The third-order valence-electron chi connectivity index (χ3n) is 4.61. The Labute approximate surface area is 155 Å². The van der Waals surface area contributed by atoms with E-state index in [2.05, 4.69) is 0 Å². The Hall–Kier alpha value is -2.22. The van der Waals surface area contributed by atoms with Gasteiger partial charge in [-0.3, -0.25) is 0 Å². The van der Waals surface area contributed by atoms with Crippen molar-refractivity contribution in [3.05, 3.63) is 64.5 Å². The van der Waals surface area contributed by atoms with Crippen molar-refractivity contribution in [3.63, 3.8) is 0 Å². The average Bonchev–Trinajstić information content (AvgIpc) is 3.07. The Bertz CT molecular complexity index is 1100. The smallest absolute Gasteiger partial charge is 0.349 e. The highest BCUT2D eigenvalue weighted by atomic mass is 32.2. The van der Waals surface area contributed by atoms with Gasteiger partial charge in [-0.2, -0.15) is 4.31 Å². The predicted octanol–water partition coefficient (Wildman–Crippen LogP) is 3.43. The Morgan fingerprint density at radius 1 is 1.08 bits per heavy atom. The van der Waals surface area contributed by atoms with Gasteiger partial charge in [-0.25, -0.2) is 13.2 Å². The first-order chi connectivity index (χ1) is 12.5. The fourth-order valence-electron chi connectivity index (χ4n) is 3.31. The molecule has 2 aromatic carbocycles. The molecule has 2 heterocycles. The first-order valence-electron chi connectivity index (χ1n) is 8.19. The number of benzene rings is 2. The molecule has 0 N–H and O–H groups in total. The summed E-state index contributed by atoms with van der Waals surface area (Å²) in [6, 6.07) is 15.0. The summed E-state index contributed by atoms with van der Waals surface area (Å²) in [5.74, 6) is -0.623. The van der Waals surface area contributed by atoms with Crippen LogP contribution in [-0.2, 0) is 27.7 Å². The molecular formula is C19H17NO4S2. The Morgan fingerprint density at radius 2 is 1.77 bits per heavy atom. The molecule has 26 heavy (non-hydrogen) atoms. The van der Waals surface area contributed by atoms with Crippen LogP contribution in [0.3, 0.4) is 0 Å². The first kappa shape index (κ1) is 17.2. The summed E-state index contributed by atoms with van der Waals surface area (Å²) in [7, 11) is -2.57. The zero-order chi connectivity index (χ0) is 18.3. The molecule has 0 spiro atoms. The molecule has 0 bridgehead atoms. The Balaban J connectivity index is 1.85. The molecule has 0 saturated carbocycles. The van der Waals surface area contributed by atoms with Crippen molar-refractivity contribution in [1.82, 2.24) is 4.31 Å². The third-order valence-corrected chi connectivity index (χ3v) is 7.83. The number of hydrogen-bond acceptors (Lipinski definition) is 5. The van der Waals surface area contributed by atoms with Gasteiger partial charge >= 0.3 is 5.97 Å². The molecule has 3 aromatic rings. The van der Waals surface area contributed by atoms with Gasteiger partial charge in [0.2, 0.25) is 10.0 Å². The molecule has 0 aliphatic carbocycles. The molecule has 5 nitrogen and oxygen atoms in total. The van der Waals surface area contributed by atoms with E-state index in [1.54, 1.807) is 12.1 Å². The predicted molar refractivity (Wildman–Crippen MR) is 101 cm³/mol. The van der Waals surface area contributed by atoms with Gasteiger partial charge < -0.3 is 4.74 Å². The third kappa shape index (κ3) is 2.72. The van der Waals surface area contributed by atoms with E-state index in [0.717, 1.165) is 21.6 Å². The maximum atomic E-state index is 13.4. The van der Waals surface area contributed by atoms with Crippen LogP contribution in [0.15, 0.2) is 53.4 Å². The van der Waals surface area contributed by atoms with Crippen LogP contribution >= 0.6 is 11.3 Å². The second-order valence-corrected chi connectivity index (χ2v) is 9.03. The van der Waals surface area contributed by atoms with Crippen LogP contribution in [-0.4, -0.2) is 32.3 Å². The van der Waals surface area contributed by atoms with Gasteiger partial charge in [0, 0.05) is 23.2 Å². The summed E-state index contributed by atoms with van der Waals surface area (Å²) in [5.41, 5.74) is 2.17. The van der Waals surface area contributed by atoms with Crippen molar-refractivity contribution in [2.75, 3.05) is 13.7 Å². The number of nitrogens with zero attached hydrogens (tertiary/aromatic N) is 1. The standard InChI is InChI=1S/C19H17NO4S2/c1-24-19(21)17-18(15-8-4-5-9-16(15)25-17)26(22,23)20-11-10-13-6-2-3-7-14(13)12-20/h2-9H,10-12H2,1H3. The van der Waals surface area contributed by atoms with Crippen LogP contribution in [0.5, 0.6) is 0 Å². The second kappa shape index (κ2) is 6.50. The minimum atomic E-state index is -3.83. The van der Waals surface area contributed by atoms with Crippen LogP contribution in [0.4, 0.5) is 0 Å². The maximum absolute atomic E-state index is 13.4. The molecule has 0 fully saturated rings. The number of carbonyl (C=O) groups is 1. The van der Waals surface area contributed by atoms with Crippen molar-refractivity contribution in [2.24, 2.45) is 0 Å². The summed E-state index contributed by atoms with van der Waals surface area (Å²) >= 11 is 1.15. The number of esters is 1. The van der Waals surface area contributed by atoms with Gasteiger partial charge in [-0.05, 0) is 23.6 Å². The van der Waals surface area contributed by atoms with Crippen molar-refractivity contribution in [2.45, 2.75) is 17.9 Å². The number of sulfonamides is 1. The molecule has 0 atom stereocenters. The van der Waals surface area contributed by atoms with Crippen LogP contribution in [0.1, 0.15) is 20.8 Å². The van der Waals surface area contributed by atoms with E-state index < -0.39 is 16.0 Å².